The molecular weight excluding hydrogens is 348 g/mol. The molecule has 21 heavy (non-hydrogen) atoms. The molecule has 0 saturated carbocycles. The molecule has 114 valence electrons. The lowest BCUT2D eigenvalue weighted by atomic mass is 9.87. The Morgan fingerprint density at radius 2 is 2.00 bits per heavy atom. The van der Waals surface area contributed by atoms with Gasteiger partial charge < -0.3 is 10.6 Å². The summed E-state index contributed by atoms with van der Waals surface area (Å²) in [6, 6.07) is 6.03. The van der Waals surface area contributed by atoms with Crippen molar-refractivity contribution in [1.82, 2.24) is 4.90 Å². The lowest BCUT2D eigenvalue weighted by Gasteiger charge is -2.35. The number of thiophene rings is 1. The Balaban J connectivity index is 2.42. The third kappa shape index (κ3) is 3.09. The fraction of sp³-hybridized carbons (Fsp3) is 0.438. The molecule has 0 radical (unpaired) electrons. The van der Waals surface area contributed by atoms with E-state index in [0.29, 0.717) is 10.6 Å². The van der Waals surface area contributed by atoms with Crippen LogP contribution in [0.15, 0.2) is 22.7 Å². The third-order valence-electron chi connectivity index (χ3n) is 4.04. The quantitative estimate of drug-likeness (QED) is 0.830. The van der Waals surface area contributed by atoms with Gasteiger partial charge in [0.15, 0.2) is 0 Å². The average molecular weight is 369 g/mol. The molecule has 2 aromatic rings. The predicted octanol–water partition coefficient (Wildman–Crippen LogP) is 4.75. The van der Waals surface area contributed by atoms with Crippen LogP contribution in [0.25, 0.3) is 10.1 Å². The number of nitrogens with two attached hydrogens (primary N) is 1. The number of carbonyl (C=O) groups is 1. The summed E-state index contributed by atoms with van der Waals surface area (Å²) in [4.78, 5) is 15.2. The van der Waals surface area contributed by atoms with E-state index in [9.17, 15) is 4.79 Å². The number of amides is 1. The standard InChI is InChI=1S/C16H21BrN2OS/c1-9(16(2,3)4)19(5)15(20)14-13(18)11-7-6-10(17)8-12(11)21-14/h6-9H,18H2,1-5H3. The highest BCUT2D eigenvalue weighted by Crippen LogP contribution is 2.36. The molecule has 0 saturated heterocycles. The molecule has 2 N–H and O–H groups in total. The minimum Gasteiger partial charge on any atom is -0.397 e. The van der Waals surface area contributed by atoms with Gasteiger partial charge in [0.25, 0.3) is 5.91 Å². The second kappa shape index (κ2) is 5.61. The van der Waals surface area contributed by atoms with E-state index >= 15 is 0 Å². The van der Waals surface area contributed by atoms with Crippen LogP contribution in [0.2, 0.25) is 0 Å². The highest BCUT2D eigenvalue weighted by Gasteiger charge is 2.29. The number of halogens is 1. The Morgan fingerprint density at radius 1 is 1.38 bits per heavy atom. The summed E-state index contributed by atoms with van der Waals surface area (Å²) in [5, 5.41) is 0.948. The maximum atomic E-state index is 12.8. The molecule has 0 bridgehead atoms. The van der Waals surface area contributed by atoms with Crippen LogP contribution in [0, 0.1) is 5.41 Å². The zero-order valence-electron chi connectivity index (χ0n) is 13.0. The van der Waals surface area contributed by atoms with Crippen molar-refractivity contribution in [2.75, 3.05) is 12.8 Å². The Bertz CT molecular complexity index is 687. The number of benzene rings is 1. The summed E-state index contributed by atoms with van der Waals surface area (Å²) >= 11 is 4.91. The number of hydrogen-bond donors (Lipinski definition) is 1. The van der Waals surface area contributed by atoms with Gasteiger partial charge in [-0.2, -0.15) is 0 Å². The molecule has 2 rings (SSSR count). The second-order valence-electron chi connectivity index (χ2n) is 6.44. The van der Waals surface area contributed by atoms with Crippen molar-refractivity contribution < 1.29 is 4.79 Å². The van der Waals surface area contributed by atoms with Crippen LogP contribution in [0.4, 0.5) is 5.69 Å². The number of nitrogens with zero attached hydrogens (tertiary/aromatic N) is 1. The van der Waals surface area contributed by atoms with Gasteiger partial charge in [-0.3, -0.25) is 4.79 Å². The SMILES string of the molecule is CC(N(C)C(=O)c1sc2cc(Br)ccc2c1N)C(C)(C)C. The Hall–Kier alpha value is -1.07. The van der Waals surface area contributed by atoms with Crippen molar-refractivity contribution in [1.29, 1.82) is 0 Å². The van der Waals surface area contributed by atoms with Gasteiger partial charge in [-0.15, -0.1) is 11.3 Å². The number of rotatable bonds is 2. The van der Waals surface area contributed by atoms with E-state index in [1.807, 2.05) is 25.2 Å². The van der Waals surface area contributed by atoms with Crippen LogP contribution >= 0.6 is 27.3 Å². The van der Waals surface area contributed by atoms with Crippen LogP contribution in [-0.4, -0.2) is 23.9 Å². The first kappa shape index (κ1) is 16.3. The second-order valence-corrected chi connectivity index (χ2v) is 8.41. The van der Waals surface area contributed by atoms with E-state index in [4.69, 9.17) is 5.73 Å². The lowest BCUT2D eigenvalue weighted by Crippen LogP contribution is -2.42. The molecule has 0 aliphatic heterocycles. The van der Waals surface area contributed by atoms with E-state index < -0.39 is 0 Å². The molecule has 1 amide bonds. The summed E-state index contributed by atoms with van der Waals surface area (Å²) < 4.78 is 2.02. The van der Waals surface area contributed by atoms with Crippen molar-refractivity contribution in [3.63, 3.8) is 0 Å². The molecule has 0 fully saturated rings. The van der Waals surface area contributed by atoms with Crippen molar-refractivity contribution >= 4 is 48.9 Å². The highest BCUT2D eigenvalue weighted by molar-refractivity contribution is 9.10. The summed E-state index contributed by atoms with van der Waals surface area (Å²) in [5.74, 6) is -0.00718. The Kier molecular flexibility index (Phi) is 4.36. The van der Waals surface area contributed by atoms with Crippen LogP contribution in [0.5, 0.6) is 0 Å². The molecule has 1 unspecified atom stereocenters. The normalized spacial score (nSPS) is 13.4. The maximum Gasteiger partial charge on any atom is 0.266 e. The van der Waals surface area contributed by atoms with E-state index in [2.05, 4.69) is 43.6 Å². The topological polar surface area (TPSA) is 46.3 Å². The van der Waals surface area contributed by atoms with Gasteiger partial charge in [0.05, 0.1) is 5.69 Å². The van der Waals surface area contributed by atoms with E-state index in [-0.39, 0.29) is 17.4 Å². The number of anilines is 1. The summed E-state index contributed by atoms with van der Waals surface area (Å²) in [5.41, 5.74) is 6.80. The van der Waals surface area contributed by atoms with Crippen molar-refractivity contribution in [3.05, 3.63) is 27.5 Å². The third-order valence-corrected chi connectivity index (χ3v) is 5.69. The minimum atomic E-state index is -0.00718. The van der Waals surface area contributed by atoms with Crippen LogP contribution in [-0.2, 0) is 0 Å². The molecule has 3 nitrogen and oxygen atoms in total. The molecule has 0 aliphatic rings. The fourth-order valence-corrected chi connectivity index (χ4v) is 3.82. The summed E-state index contributed by atoms with van der Waals surface area (Å²) in [6.45, 7) is 8.46. The number of nitrogen functional groups attached to an aromatic ring is 1. The zero-order chi connectivity index (χ0) is 15.9. The molecule has 1 heterocycles. The van der Waals surface area contributed by atoms with E-state index in [0.717, 1.165) is 14.6 Å². The van der Waals surface area contributed by atoms with Gasteiger partial charge in [-0.1, -0.05) is 42.8 Å². The monoisotopic (exact) mass is 368 g/mol. The van der Waals surface area contributed by atoms with Crippen LogP contribution < -0.4 is 5.73 Å². The van der Waals surface area contributed by atoms with Crippen LogP contribution in [0.1, 0.15) is 37.4 Å². The molecule has 0 spiro atoms. The van der Waals surface area contributed by atoms with E-state index in [1.54, 1.807) is 4.90 Å². The van der Waals surface area contributed by atoms with Crippen molar-refractivity contribution in [2.45, 2.75) is 33.7 Å². The molecule has 1 aromatic heterocycles. The van der Waals surface area contributed by atoms with E-state index in [1.165, 1.54) is 11.3 Å². The van der Waals surface area contributed by atoms with Gasteiger partial charge in [-0.25, -0.2) is 0 Å². The lowest BCUT2D eigenvalue weighted by molar-refractivity contribution is 0.0635. The predicted molar refractivity (Wildman–Crippen MR) is 94.9 cm³/mol. The summed E-state index contributed by atoms with van der Waals surface area (Å²) in [6.07, 6.45) is 0. The first-order chi connectivity index (χ1) is 9.62. The average Bonchev–Trinajstić information content (AvgIpc) is 2.71. The molecular formula is C16H21BrN2OS. The number of fused-ring (bicyclic) bond motifs is 1. The number of hydrogen-bond acceptors (Lipinski definition) is 3. The minimum absolute atomic E-state index is 0.00718. The Labute approximate surface area is 138 Å². The first-order valence-corrected chi connectivity index (χ1v) is 8.48. The molecule has 1 aromatic carbocycles. The summed E-state index contributed by atoms with van der Waals surface area (Å²) in [7, 11) is 1.85. The number of carbonyl (C=O) groups excluding carboxylic acids is 1. The maximum absolute atomic E-state index is 12.8. The molecule has 1 atom stereocenters. The zero-order valence-corrected chi connectivity index (χ0v) is 15.4. The molecule has 5 heteroatoms. The smallest absolute Gasteiger partial charge is 0.266 e. The van der Waals surface area contributed by atoms with Gasteiger partial charge in [0, 0.05) is 27.6 Å². The first-order valence-electron chi connectivity index (χ1n) is 6.87. The van der Waals surface area contributed by atoms with Gasteiger partial charge >= 0.3 is 0 Å². The van der Waals surface area contributed by atoms with Crippen molar-refractivity contribution in [2.24, 2.45) is 5.41 Å². The Morgan fingerprint density at radius 3 is 2.57 bits per heavy atom. The largest absolute Gasteiger partial charge is 0.397 e. The van der Waals surface area contributed by atoms with Crippen molar-refractivity contribution in [3.8, 4) is 0 Å². The van der Waals surface area contributed by atoms with Gasteiger partial charge in [-0.05, 0) is 24.5 Å². The van der Waals surface area contributed by atoms with Gasteiger partial charge in [0.1, 0.15) is 4.88 Å². The highest BCUT2D eigenvalue weighted by atomic mass is 79.9. The molecule has 0 aliphatic carbocycles. The fourth-order valence-electron chi connectivity index (χ4n) is 2.17. The van der Waals surface area contributed by atoms with Crippen LogP contribution in [0.3, 0.4) is 0 Å². The van der Waals surface area contributed by atoms with Gasteiger partial charge in [0.2, 0.25) is 0 Å².